The monoisotopic (exact) mass is 142 g/mol. The van der Waals surface area contributed by atoms with Crippen LogP contribution in [0.15, 0.2) is 0 Å². The van der Waals surface area contributed by atoms with Crippen LogP contribution in [0.3, 0.4) is 0 Å². The minimum Gasteiger partial charge on any atom is -0.328 e. The van der Waals surface area contributed by atoms with Crippen molar-refractivity contribution in [3.05, 3.63) is 0 Å². The van der Waals surface area contributed by atoms with Crippen molar-refractivity contribution in [1.82, 2.24) is 0 Å². The van der Waals surface area contributed by atoms with Crippen molar-refractivity contribution < 1.29 is 13.9 Å². The number of alkyl halides is 1. The average molecular weight is 142 g/mol. The highest BCUT2D eigenvalue weighted by molar-refractivity contribution is 7.40. The summed E-state index contributed by atoms with van der Waals surface area (Å²) in [7, 11) is -1.64. The molecule has 1 N–H and O–H groups in total. The molecule has 0 aromatic rings. The Labute approximate surface area is 47.2 Å². The molecule has 7 heavy (non-hydrogen) atoms. The van der Waals surface area contributed by atoms with Crippen molar-refractivity contribution in [3.8, 4) is 0 Å². The Balaban J connectivity index is 2.26. The molecule has 2 atom stereocenters. The number of halogens is 1. The molecule has 0 aromatic heterocycles. The molecule has 5 heteroatoms. The van der Waals surface area contributed by atoms with Crippen molar-refractivity contribution in [3.63, 3.8) is 0 Å². The van der Waals surface area contributed by atoms with E-state index >= 15 is 0 Å². The van der Waals surface area contributed by atoms with Crippen LogP contribution in [0.25, 0.3) is 0 Å². The van der Waals surface area contributed by atoms with Crippen LogP contribution in [-0.2, 0) is 9.05 Å². The summed E-state index contributed by atoms with van der Waals surface area (Å²) in [5.41, 5.74) is -0.448. The molecule has 1 rings (SSSR count). The summed E-state index contributed by atoms with van der Waals surface area (Å²) >= 11 is 5.32. The molecule has 1 aliphatic heterocycles. The third-order valence-corrected chi connectivity index (χ3v) is 1.66. The molecule has 0 aliphatic carbocycles. The van der Waals surface area contributed by atoms with E-state index in [4.69, 9.17) is 16.5 Å². The lowest BCUT2D eigenvalue weighted by atomic mass is 10.8. The van der Waals surface area contributed by atoms with E-state index in [1.54, 1.807) is 0 Å². The third kappa shape index (κ3) is 1.52. The molecule has 0 aromatic carbocycles. The van der Waals surface area contributed by atoms with Crippen LogP contribution in [0.5, 0.6) is 0 Å². The fraction of sp³-hybridized carbons (Fsp3) is 1.00. The Hall–Kier alpha value is 0.600. The highest BCUT2D eigenvalue weighted by Crippen LogP contribution is 2.41. The summed E-state index contributed by atoms with van der Waals surface area (Å²) in [6.45, 7) is 0.295. The molecule has 42 valence electrons. The summed E-state index contributed by atoms with van der Waals surface area (Å²) in [6, 6.07) is 0. The lowest BCUT2D eigenvalue weighted by Gasteiger charge is -1.93. The van der Waals surface area contributed by atoms with Gasteiger partial charge in [-0.15, -0.1) is 0 Å². The van der Waals surface area contributed by atoms with Gasteiger partial charge in [-0.05, 0) is 0 Å². The molecule has 0 bridgehead atoms. The summed E-state index contributed by atoms with van der Waals surface area (Å²) in [5, 5.41) is 0. The molecule has 0 saturated carbocycles. The van der Waals surface area contributed by atoms with Gasteiger partial charge >= 0.3 is 8.60 Å². The molecular formula is C2H4ClO3P. The largest absolute Gasteiger partial charge is 0.331 e. The van der Waals surface area contributed by atoms with Gasteiger partial charge in [0.25, 0.3) is 0 Å². The number of hydrogen-bond acceptors (Lipinski definition) is 3. The van der Waals surface area contributed by atoms with Crippen LogP contribution in [0.4, 0.5) is 0 Å². The zero-order chi connectivity index (χ0) is 5.28. The maximum atomic E-state index is 8.44. The SMILES string of the molecule is OP1OCC(Cl)O1. The maximum absolute atomic E-state index is 8.44. The zero-order valence-electron chi connectivity index (χ0n) is 3.37. The van der Waals surface area contributed by atoms with Crippen LogP contribution < -0.4 is 0 Å². The summed E-state index contributed by atoms with van der Waals surface area (Å²) in [6.07, 6.45) is 0. The van der Waals surface area contributed by atoms with E-state index in [0.717, 1.165) is 0 Å². The summed E-state index contributed by atoms with van der Waals surface area (Å²) in [4.78, 5) is 8.44. The van der Waals surface area contributed by atoms with Gasteiger partial charge in [0.2, 0.25) is 0 Å². The maximum Gasteiger partial charge on any atom is 0.331 e. The van der Waals surface area contributed by atoms with Crippen molar-refractivity contribution in [1.29, 1.82) is 0 Å². The van der Waals surface area contributed by atoms with Crippen molar-refractivity contribution in [2.45, 2.75) is 5.56 Å². The molecular weight excluding hydrogens is 138 g/mol. The number of hydrogen-bond donors (Lipinski definition) is 1. The fourth-order valence-corrected chi connectivity index (χ4v) is 1.22. The molecule has 0 amide bonds. The normalized spacial score (nSPS) is 42.0. The second-order valence-electron chi connectivity index (χ2n) is 1.05. The second kappa shape index (κ2) is 2.25. The first-order chi connectivity index (χ1) is 3.29. The van der Waals surface area contributed by atoms with Crippen LogP contribution in [0.1, 0.15) is 0 Å². The van der Waals surface area contributed by atoms with Gasteiger partial charge in [-0.1, -0.05) is 11.6 Å². The highest BCUT2D eigenvalue weighted by Gasteiger charge is 2.22. The molecule has 0 radical (unpaired) electrons. The Morgan fingerprint density at radius 1 is 1.86 bits per heavy atom. The van der Waals surface area contributed by atoms with Gasteiger partial charge < -0.3 is 9.42 Å². The lowest BCUT2D eigenvalue weighted by Crippen LogP contribution is -1.95. The highest BCUT2D eigenvalue weighted by atomic mass is 35.5. The molecule has 1 saturated heterocycles. The molecule has 0 spiro atoms. The zero-order valence-corrected chi connectivity index (χ0v) is 5.02. The van der Waals surface area contributed by atoms with E-state index in [0.29, 0.717) is 6.61 Å². The molecule has 1 aliphatic rings. The van der Waals surface area contributed by atoms with E-state index in [-0.39, 0.29) is 0 Å². The minimum atomic E-state index is -1.64. The average Bonchev–Trinajstić information content (AvgIpc) is 1.87. The molecule has 1 heterocycles. The van der Waals surface area contributed by atoms with E-state index in [1.807, 2.05) is 0 Å². The van der Waals surface area contributed by atoms with Gasteiger partial charge in [0, 0.05) is 0 Å². The quantitative estimate of drug-likeness (QED) is 0.402. The first-order valence-corrected chi connectivity index (χ1v) is 3.28. The van der Waals surface area contributed by atoms with Gasteiger partial charge in [0.05, 0.1) is 6.61 Å². The Bertz CT molecular complexity index is 62.0. The first kappa shape index (κ1) is 5.73. The van der Waals surface area contributed by atoms with Crippen LogP contribution >= 0.6 is 20.2 Å². The van der Waals surface area contributed by atoms with E-state index in [9.17, 15) is 0 Å². The van der Waals surface area contributed by atoms with Crippen molar-refractivity contribution in [2.24, 2.45) is 0 Å². The standard InChI is InChI=1S/C2H4ClO3P/c3-2-1-5-7(4)6-2/h2,4H,1H2. The molecule has 2 unspecified atom stereocenters. The fourth-order valence-electron chi connectivity index (χ4n) is 0.281. The van der Waals surface area contributed by atoms with Crippen LogP contribution in [-0.4, -0.2) is 17.1 Å². The summed E-state index contributed by atoms with van der Waals surface area (Å²) < 4.78 is 9.06. The first-order valence-electron chi connectivity index (χ1n) is 1.72. The second-order valence-corrected chi connectivity index (χ2v) is 2.48. The predicted molar refractivity (Wildman–Crippen MR) is 25.8 cm³/mol. The summed E-state index contributed by atoms with van der Waals surface area (Å²) in [5.74, 6) is 0. The van der Waals surface area contributed by atoms with E-state index in [1.165, 1.54) is 0 Å². The van der Waals surface area contributed by atoms with Crippen LogP contribution in [0.2, 0.25) is 0 Å². The number of rotatable bonds is 0. The van der Waals surface area contributed by atoms with Crippen molar-refractivity contribution in [2.75, 3.05) is 6.61 Å². The third-order valence-electron chi connectivity index (χ3n) is 0.521. The van der Waals surface area contributed by atoms with Gasteiger partial charge in [-0.2, -0.15) is 0 Å². The van der Waals surface area contributed by atoms with E-state index in [2.05, 4.69) is 9.05 Å². The topological polar surface area (TPSA) is 38.7 Å². The van der Waals surface area contributed by atoms with E-state index < -0.39 is 14.2 Å². The predicted octanol–water partition coefficient (Wildman–Crippen LogP) is 0.817. The van der Waals surface area contributed by atoms with Crippen molar-refractivity contribution >= 4 is 20.2 Å². The smallest absolute Gasteiger partial charge is 0.328 e. The van der Waals surface area contributed by atoms with Gasteiger partial charge in [0.1, 0.15) is 0 Å². The Kier molecular flexibility index (Phi) is 1.84. The van der Waals surface area contributed by atoms with Gasteiger partial charge in [0.15, 0.2) is 5.56 Å². The minimum absolute atomic E-state index is 0.295. The van der Waals surface area contributed by atoms with Crippen LogP contribution in [0, 0.1) is 0 Å². The van der Waals surface area contributed by atoms with Gasteiger partial charge in [-0.25, -0.2) is 0 Å². The van der Waals surface area contributed by atoms with Gasteiger partial charge in [-0.3, -0.25) is 4.52 Å². The molecule has 3 nitrogen and oxygen atoms in total. The Morgan fingerprint density at radius 2 is 2.57 bits per heavy atom. The molecule has 1 fully saturated rings. The lowest BCUT2D eigenvalue weighted by molar-refractivity contribution is 0.319. The Morgan fingerprint density at radius 3 is 2.71 bits per heavy atom.